The van der Waals surface area contributed by atoms with Gasteiger partial charge in [0.2, 0.25) is 10.0 Å². The number of piperidine rings is 3. The van der Waals surface area contributed by atoms with Crippen LogP contribution in [-0.2, 0) is 26.1 Å². The number of nitrogens with one attached hydrogen (secondary N) is 1. The molecule has 4 aliphatic rings. The molecule has 0 aromatic heterocycles. The van der Waals surface area contributed by atoms with Gasteiger partial charge in [0.05, 0.1) is 5.25 Å². The molecule has 3 heterocycles. The predicted molar refractivity (Wildman–Crippen MR) is 170 cm³/mol. The number of ether oxygens (including phenoxy) is 2. The van der Waals surface area contributed by atoms with E-state index in [9.17, 15) is 18.0 Å². The third-order valence-electron chi connectivity index (χ3n) is 10.3. The van der Waals surface area contributed by atoms with E-state index in [-0.39, 0.29) is 24.0 Å². The van der Waals surface area contributed by atoms with E-state index >= 15 is 0 Å². The Labute approximate surface area is 263 Å². The molecule has 0 bridgehead atoms. The van der Waals surface area contributed by atoms with Crippen LogP contribution < -0.4 is 5.32 Å². The molecule has 1 aromatic carbocycles. The van der Waals surface area contributed by atoms with Crippen LogP contribution >= 0.6 is 0 Å². The molecule has 1 saturated carbocycles. The van der Waals surface area contributed by atoms with Crippen LogP contribution in [0.25, 0.3) is 0 Å². The first-order chi connectivity index (χ1) is 20.9. The molecular weight excluding hydrogens is 580 g/mol. The fourth-order valence-corrected chi connectivity index (χ4v) is 9.45. The lowest BCUT2D eigenvalue weighted by Crippen LogP contribution is -2.52. The minimum atomic E-state index is -3.36. The van der Waals surface area contributed by atoms with Gasteiger partial charge in [-0.25, -0.2) is 22.3 Å². The molecule has 3 aliphatic heterocycles. The van der Waals surface area contributed by atoms with Crippen molar-refractivity contribution in [2.75, 3.05) is 39.3 Å². The standard InChI is InChI=1S/C33H52N4O6S/c1-32(2,3)43-31(39)36-23-17-33(18-24-36)15-9-28(10-16-33)35-19-13-29(14-20-35)44(40,41)37-21-11-27(12-22-37)34-30(38)42-25-26-7-5-4-6-8-26/h4-8,27-29H,9-25H2,1-3H3,(H,34,38). The number of likely N-dealkylation sites (tertiary alicyclic amines) is 2. The average molecular weight is 633 g/mol. The first-order valence-corrected chi connectivity index (χ1v) is 18.1. The van der Waals surface area contributed by atoms with Crippen LogP contribution in [0, 0.1) is 5.41 Å². The summed E-state index contributed by atoms with van der Waals surface area (Å²) in [6.45, 7) is 10.0. The van der Waals surface area contributed by atoms with Gasteiger partial charge in [-0.05, 0) is 109 Å². The Hall–Kier alpha value is -2.37. The molecule has 0 radical (unpaired) electrons. The molecule has 11 heteroatoms. The first-order valence-electron chi connectivity index (χ1n) is 16.6. The van der Waals surface area contributed by atoms with E-state index in [0.717, 1.165) is 57.4 Å². The molecular formula is C33H52N4O6S. The first kappa shape index (κ1) is 33.0. The van der Waals surface area contributed by atoms with Crippen LogP contribution in [0.5, 0.6) is 0 Å². The topological polar surface area (TPSA) is 108 Å². The molecule has 1 aliphatic carbocycles. The second-order valence-corrected chi connectivity index (χ2v) is 16.6. The van der Waals surface area contributed by atoms with Crippen molar-refractivity contribution in [1.29, 1.82) is 0 Å². The van der Waals surface area contributed by atoms with E-state index in [2.05, 4.69) is 10.2 Å². The Kier molecular flexibility index (Phi) is 10.5. The fraction of sp³-hybridized carbons (Fsp3) is 0.758. The van der Waals surface area contributed by atoms with Crippen molar-refractivity contribution in [3.05, 3.63) is 35.9 Å². The van der Waals surface area contributed by atoms with Crippen molar-refractivity contribution in [1.82, 2.24) is 19.4 Å². The highest BCUT2D eigenvalue weighted by Crippen LogP contribution is 2.46. The number of hydrogen-bond donors (Lipinski definition) is 1. The highest BCUT2D eigenvalue weighted by molar-refractivity contribution is 7.89. The minimum absolute atomic E-state index is 0.0780. The predicted octanol–water partition coefficient (Wildman–Crippen LogP) is 5.13. The second kappa shape index (κ2) is 14.0. The zero-order valence-electron chi connectivity index (χ0n) is 26.8. The number of rotatable bonds is 6. The lowest BCUT2D eigenvalue weighted by molar-refractivity contribution is -0.00356. The minimum Gasteiger partial charge on any atom is -0.445 e. The van der Waals surface area contributed by atoms with Gasteiger partial charge < -0.3 is 24.6 Å². The Morgan fingerprint density at radius 2 is 1.48 bits per heavy atom. The third kappa shape index (κ3) is 8.46. The fourth-order valence-electron chi connectivity index (χ4n) is 7.51. The number of hydrogen-bond acceptors (Lipinski definition) is 7. The van der Waals surface area contributed by atoms with Crippen LogP contribution in [0.1, 0.15) is 90.5 Å². The summed E-state index contributed by atoms with van der Waals surface area (Å²) in [5.74, 6) is 0. The number of alkyl carbamates (subject to hydrolysis) is 1. The third-order valence-corrected chi connectivity index (χ3v) is 12.7. The summed E-state index contributed by atoms with van der Waals surface area (Å²) < 4.78 is 39.6. The lowest BCUT2D eigenvalue weighted by Gasteiger charge is -2.48. The summed E-state index contributed by atoms with van der Waals surface area (Å²) in [5.41, 5.74) is 0.793. The summed E-state index contributed by atoms with van der Waals surface area (Å²) in [6.07, 6.45) is 8.65. The number of nitrogens with zero attached hydrogens (tertiary/aromatic N) is 3. The second-order valence-electron chi connectivity index (χ2n) is 14.4. The Morgan fingerprint density at radius 1 is 0.864 bits per heavy atom. The number of sulfonamides is 1. The van der Waals surface area contributed by atoms with Gasteiger partial charge >= 0.3 is 12.2 Å². The van der Waals surface area contributed by atoms with Gasteiger partial charge in [0.25, 0.3) is 0 Å². The zero-order chi connectivity index (χ0) is 31.4. The van der Waals surface area contributed by atoms with Crippen molar-refractivity contribution < 1.29 is 27.5 Å². The zero-order valence-corrected chi connectivity index (χ0v) is 27.7. The van der Waals surface area contributed by atoms with Crippen molar-refractivity contribution in [3.8, 4) is 0 Å². The monoisotopic (exact) mass is 632 g/mol. The van der Waals surface area contributed by atoms with E-state index in [1.807, 2.05) is 56.0 Å². The number of amides is 2. The molecule has 44 heavy (non-hydrogen) atoms. The summed E-state index contributed by atoms with van der Waals surface area (Å²) in [6, 6.07) is 9.99. The Balaban J connectivity index is 1.00. The summed E-state index contributed by atoms with van der Waals surface area (Å²) in [5, 5.41) is 2.58. The van der Waals surface area contributed by atoms with Crippen LogP contribution in [0.4, 0.5) is 9.59 Å². The molecule has 2 amide bonds. The summed E-state index contributed by atoms with van der Waals surface area (Å²) >= 11 is 0. The molecule has 10 nitrogen and oxygen atoms in total. The largest absolute Gasteiger partial charge is 0.445 e. The van der Waals surface area contributed by atoms with Crippen LogP contribution in [0.2, 0.25) is 0 Å². The summed E-state index contributed by atoms with van der Waals surface area (Å²) in [4.78, 5) is 29.1. The molecule has 1 spiro atoms. The molecule has 1 aromatic rings. The Bertz CT molecular complexity index is 1200. The van der Waals surface area contributed by atoms with Crippen molar-refractivity contribution >= 4 is 22.2 Å². The number of benzene rings is 1. The van der Waals surface area contributed by atoms with Gasteiger partial charge in [0.15, 0.2) is 0 Å². The summed E-state index contributed by atoms with van der Waals surface area (Å²) in [7, 11) is -3.36. The number of carbonyl (C=O) groups is 2. The molecule has 1 N–H and O–H groups in total. The molecule has 5 rings (SSSR count). The molecule has 4 fully saturated rings. The van der Waals surface area contributed by atoms with Crippen molar-refractivity contribution in [2.45, 2.75) is 115 Å². The molecule has 0 unspecified atom stereocenters. The van der Waals surface area contributed by atoms with Crippen molar-refractivity contribution in [2.24, 2.45) is 5.41 Å². The highest BCUT2D eigenvalue weighted by Gasteiger charge is 2.43. The van der Waals surface area contributed by atoms with Gasteiger partial charge in [-0.2, -0.15) is 0 Å². The van der Waals surface area contributed by atoms with E-state index in [4.69, 9.17) is 9.47 Å². The van der Waals surface area contributed by atoms with E-state index in [1.54, 1.807) is 4.31 Å². The van der Waals surface area contributed by atoms with Crippen molar-refractivity contribution in [3.63, 3.8) is 0 Å². The number of carbonyl (C=O) groups excluding carboxylic acids is 2. The van der Waals surface area contributed by atoms with Gasteiger partial charge in [-0.3, -0.25) is 0 Å². The van der Waals surface area contributed by atoms with E-state index < -0.39 is 21.7 Å². The van der Waals surface area contributed by atoms with Gasteiger partial charge in [0, 0.05) is 38.3 Å². The van der Waals surface area contributed by atoms with Crippen LogP contribution in [0.15, 0.2) is 30.3 Å². The molecule has 3 saturated heterocycles. The van der Waals surface area contributed by atoms with E-state index in [1.165, 1.54) is 12.8 Å². The maximum Gasteiger partial charge on any atom is 0.410 e. The van der Waals surface area contributed by atoms with Crippen LogP contribution in [0.3, 0.4) is 0 Å². The smallest absolute Gasteiger partial charge is 0.410 e. The molecule has 246 valence electrons. The quantitative estimate of drug-likeness (QED) is 0.463. The normalized spacial score (nSPS) is 23.4. The maximum absolute atomic E-state index is 13.5. The van der Waals surface area contributed by atoms with E-state index in [0.29, 0.717) is 50.2 Å². The average Bonchev–Trinajstić information content (AvgIpc) is 3.01. The highest BCUT2D eigenvalue weighted by atomic mass is 32.2. The van der Waals surface area contributed by atoms with Gasteiger partial charge in [0.1, 0.15) is 12.2 Å². The maximum atomic E-state index is 13.5. The SMILES string of the molecule is CC(C)(C)OC(=O)N1CCC2(CCC(N3CCC(S(=O)(=O)N4CCC(NC(=O)OCc5ccccc5)CC4)CC3)CC2)CC1. The lowest BCUT2D eigenvalue weighted by atomic mass is 9.66. The van der Waals surface area contributed by atoms with Crippen LogP contribution in [-0.4, -0.2) is 96.9 Å². The van der Waals surface area contributed by atoms with Gasteiger partial charge in [-0.15, -0.1) is 0 Å². The Morgan fingerprint density at radius 3 is 2.07 bits per heavy atom. The van der Waals surface area contributed by atoms with Gasteiger partial charge in [-0.1, -0.05) is 30.3 Å². The molecule has 0 atom stereocenters.